The summed E-state index contributed by atoms with van der Waals surface area (Å²) in [6.07, 6.45) is 1.72. The zero-order chi connectivity index (χ0) is 18.3. The number of carbonyl (C=O) groups is 4. The summed E-state index contributed by atoms with van der Waals surface area (Å²) in [5, 5.41) is 5.61. The molecule has 3 amide bonds. The van der Waals surface area contributed by atoms with Crippen LogP contribution in [0.2, 0.25) is 0 Å². The third-order valence-electron chi connectivity index (χ3n) is 3.98. The van der Waals surface area contributed by atoms with E-state index in [9.17, 15) is 19.2 Å². The van der Waals surface area contributed by atoms with E-state index in [0.29, 0.717) is 10.8 Å². The number of hydroxylamine groups is 2. The fourth-order valence-electron chi connectivity index (χ4n) is 2.69. The molecule has 0 N–H and O–H groups in total. The Labute approximate surface area is 147 Å². The van der Waals surface area contributed by atoms with Crippen LogP contribution in [0.15, 0.2) is 53.6 Å². The Hall–Kier alpha value is -3.81. The number of fused-ring (bicyclic) bond motifs is 1. The molecule has 0 spiro atoms. The monoisotopic (exact) mass is 349 g/mol. The number of anilines is 1. The van der Waals surface area contributed by atoms with E-state index in [2.05, 4.69) is 5.10 Å². The zero-order valence-electron chi connectivity index (χ0n) is 13.3. The van der Waals surface area contributed by atoms with E-state index in [1.54, 1.807) is 12.1 Å². The van der Waals surface area contributed by atoms with E-state index in [0.717, 1.165) is 0 Å². The molecule has 0 bridgehead atoms. The molecule has 2 aliphatic rings. The molecule has 0 saturated heterocycles. The van der Waals surface area contributed by atoms with Crippen LogP contribution < -0.4 is 5.01 Å². The zero-order valence-corrected chi connectivity index (χ0v) is 13.3. The fraction of sp³-hybridized carbons (Fsp3) is 0.0556. The highest BCUT2D eigenvalue weighted by Crippen LogP contribution is 2.24. The highest BCUT2D eigenvalue weighted by atomic mass is 16.7. The molecule has 0 fully saturated rings. The van der Waals surface area contributed by atoms with Crippen molar-refractivity contribution >= 4 is 35.6 Å². The maximum atomic E-state index is 12.3. The Kier molecular flexibility index (Phi) is 3.58. The molecule has 0 aliphatic carbocycles. The van der Waals surface area contributed by atoms with Crippen LogP contribution in [0.3, 0.4) is 0 Å². The fourth-order valence-corrected chi connectivity index (χ4v) is 2.69. The second-order valence-corrected chi connectivity index (χ2v) is 5.58. The summed E-state index contributed by atoms with van der Waals surface area (Å²) in [4.78, 5) is 53.3. The lowest BCUT2D eigenvalue weighted by Crippen LogP contribution is -2.32. The predicted molar refractivity (Wildman–Crippen MR) is 89.4 cm³/mol. The Bertz CT molecular complexity index is 946. The molecule has 128 valence electrons. The van der Waals surface area contributed by atoms with E-state index in [-0.39, 0.29) is 29.0 Å². The Morgan fingerprint density at radius 2 is 1.54 bits per heavy atom. The molecule has 26 heavy (non-hydrogen) atoms. The third kappa shape index (κ3) is 2.44. The number of nitrogens with zero attached hydrogens (tertiary/aromatic N) is 3. The summed E-state index contributed by atoms with van der Waals surface area (Å²) in [6.45, 7) is 0. The highest BCUT2D eigenvalue weighted by Gasteiger charge is 2.38. The summed E-state index contributed by atoms with van der Waals surface area (Å²) in [7, 11) is 0. The second-order valence-electron chi connectivity index (χ2n) is 5.58. The van der Waals surface area contributed by atoms with Gasteiger partial charge >= 0.3 is 5.97 Å². The lowest BCUT2D eigenvalue weighted by molar-refractivity contribution is -0.116. The van der Waals surface area contributed by atoms with Crippen molar-refractivity contribution in [3.8, 4) is 0 Å². The largest absolute Gasteiger partial charge is 0.363 e. The number of hydrazone groups is 1. The summed E-state index contributed by atoms with van der Waals surface area (Å²) in [5.74, 6) is -2.41. The van der Waals surface area contributed by atoms with Crippen LogP contribution in [-0.2, 0) is 9.63 Å². The van der Waals surface area contributed by atoms with Crippen molar-refractivity contribution < 1.29 is 24.0 Å². The van der Waals surface area contributed by atoms with E-state index >= 15 is 0 Å². The van der Waals surface area contributed by atoms with Crippen molar-refractivity contribution in [2.24, 2.45) is 5.10 Å². The minimum Gasteiger partial charge on any atom is -0.324 e. The van der Waals surface area contributed by atoms with Gasteiger partial charge in [-0.3, -0.25) is 14.4 Å². The SMILES string of the molecule is O=C(ON1C(=O)c2ccccc2C1=O)c1ccc(N2N=CCC2=O)cc1. The first-order chi connectivity index (χ1) is 12.6. The van der Waals surface area contributed by atoms with Crippen molar-refractivity contribution in [2.45, 2.75) is 6.42 Å². The minimum atomic E-state index is -0.859. The van der Waals surface area contributed by atoms with E-state index in [4.69, 9.17) is 4.84 Å². The molecule has 8 nitrogen and oxygen atoms in total. The molecule has 2 aliphatic heterocycles. The van der Waals surface area contributed by atoms with Gasteiger partial charge in [-0.05, 0) is 36.4 Å². The number of hydrogen-bond donors (Lipinski definition) is 0. The molecule has 8 heteroatoms. The van der Waals surface area contributed by atoms with Crippen LogP contribution in [-0.4, -0.2) is 35.0 Å². The van der Waals surface area contributed by atoms with E-state index in [1.807, 2.05) is 0 Å². The maximum Gasteiger partial charge on any atom is 0.363 e. The highest BCUT2D eigenvalue weighted by molar-refractivity contribution is 6.21. The lowest BCUT2D eigenvalue weighted by Gasteiger charge is -2.14. The first kappa shape index (κ1) is 15.7. The molecule has 0 atom stereocenters. The van der Waals surface area contributed by atoms with Crippen LogP contribution in [0.4, 0.5) is 5.69 Å². The standard InChI is InChI=1S/C18H11N3O5/c22-15-9-10-19-20(15)12-7-5-11(6-8-12)18(25)26-21-16(23)13-3-1-2-4-14(13)17(21)24/h1-8,10H,9H2. The first-order valence-corrected chi connectivity index (χ1v) is 7.72. The molecule has 2 heterocycles. The third-order valence-corrected chi connectivity index (χ3v) is 3.98. The van der Waals surface area contributed by atoms with E-state index in [1.165, 1.54) is 47.6 Å². The van der Waals surface area contributed by atoms with Crippen LogP contribution in [0.5, 0.6) is 0 Å². The lowest BCUT2D eigenvalue weighted by atomic mass is 10.1. The summed E-state index contributed by atoms with van der Waals surface area (Å²) < 4.78 is 0. The van der Waals surface area contributed by atoms with Gasteiger partial charge in [0.15, 0.2) is 0 Å². The number of rotatable bonds is 3. The molecular formula is C18H11N3O5. The number of carbonyl (C=O) groups excluding carboxylic acids is 4. The maximum absolute atomic E-state index is 12.3. The topological polar surface area (TPSA) is 96.3 Å². The Morgan fingerprint density at radius 1 is 0.923 bits per heavy atom. The van der Waals surface area contributed by atoms with Crippen molar-refractivity contribution in [2.75, 3.05) is 5.01 Å². The molecule has 0 aromatic heterocycles. The normalized spacial score (nSPS) is 15.6. The molecule has 0 unspecified atom stereocenters. The van der Waals surface area contributed by atoms with Crippen LogP contribution in [0.1, 0.15) is 37.5 Å². The molecule has 0 radical (unpaired) electrons. The average Bonchev–Trinajstić information content (AvgIpc) is 3.19. The van der Waals surface area contributed by atoms with Gasteiger partial charge in [-0.2, -0.15) is 5.10 Å². The number of amides is 3. The minimum absolute atomic E-state index is 0.126. The molecule has 2 aromatic rings. The summed E-state index contributed by atoms with van der Waals surface area (Å²) >= 11 is 0. The average molecular weight is 349 g/mol. The molecule has 2 aromatic carbocycles. The van der Waals surface area contributed by atoms with Crippen molar-refractivity contribution in [1.29, 1.82) is 0 Å². The van der Waals surface area contributed by atoms with Gasteiger partial charge in [-0.1, -0.05) is 17.2 Å². The van der Waals surface area contributed by atoms with Gasteiger partial charge in [0, 0.05) is 6.21 Å². The Balaban J connectivity index is 1.51. The Morgan fingerprint density at radius 3 is 2.08 bits per heavy atom. The van der Waals surface area contributed by atoms with Crippen molar-refractivity contribution in [1.82, 2.24) is 5.06 Å². The van der Waals surface area contributed by atoms with Gasteiger partial charge in [0.1, 0.15) is 0 Å². The van der Waals surface area contributed by atoms with Crippen LogP contribution in [0.25, 0.3) is 0 Å². The predicted octanol–water partition coefficient (Wildman–Crippen LogP) is 1.78. The van der Waals surface area contributed by atoms with E-state index < -0.39 is 17.8 Å². The number of imide groups is 1. The second kappa shape index (κ2) is 5.92. The van der Waals surface area contributed by atoms with Crippen LogP contribution in [0, 0.1) is 0 Å². The van der Waals surface area contributed by atoms with Gasteiger partial charge in [-0.25, -0.2) is 9.80 Å². The number of benzene rings is 2. The summed E-state index contributed by atoms with van der Waals surface area (Å²) in [5.41, 5.74) is 0.999. The molecule has 4 rings (SSSR count). The molecular weight excluding hydrogens is 338 g/mol. The van der Waals surface area contributed by atoms with Gasteiger partial charge in [0.2, 0.25) is 0 Å². The van der Waals surface area contributed by atoms with Gasteiger partial charge in [0.25, 0.3) is 17.7 Å². The van der Waals surface area contributed by atoms with Crippen molar-refractivity contribution in [3.05, 3.63) is 65.2 Å². The molecule has 0 saturated carbocycles. The van der Waals surface area contributed by atoms with Gasteiger partial charge in [0.05, 0.1) is 28.8 Å². The first-order valence-electron chi connectivity index (χ1n) is 7.72. The van der Waals surface area contributed by atoms with Gasteiger partial charge in [-0.15, -0.1) is 0 Å². The van der Waals surface area contributed by atoms with Crippen LogP contribution >= 0.6 is 0 Å². The quantitative estimate of drug-likeness (QED) is 0.787. The number of hydrogen-bond acceptors (Lipinski definition) is 6. The van der Waals surface area contributed by atoms with Crippen molar-refractivity contribution in [3.63, 3.8) is 0 Å². The smallest absolute Gasteiger partial charge is 0.324 e. The summed E-state index contributed by atoms with van der Waals surface area (Å²) in [6, 6.07) is 12.1. The van der Waals surface area contributed by atoms with Gasteiger partial charge < -0.3 is 4.84 Å².